The van der Waals surface area contributed by atoms with Gasteiger partial charge in [0, 0.05) is 52.3 Å². The molecule has 2 unspecified atom stereocenters. The number of pyridine rings is 4. The minimum atomic E-state index is -2.98. The van der Waals surface area contributed by atoms with E-state index in [9.17, 15) is 0 Å². The van der Waals surface area contributed by atoms with Crippen LogP contribution in [-0.4, -0.2) is 62.2 Å². The van der Waals surface area contributed by atoms with Gasteiger partial charge < -0.3 is 0 Å². The zero-order chi connectivity index (χ0) is 48.6. The molecule has 68 heavy (non-hydrogen) atoms. The van der Waals surface area contributed by atoms with Crippen LogP contribution < -0.4 is 3.71 Å². The molecule has 0 radical (unpaired) electrons. The molecule has 0 saturated heterocycles. The van der Waals surface area contributed by atoms with Crippen molar-refractivity contribution in [1.82, 2.24) is 19.9 Å². The SMILES string of the molecule is C[PH+]=C(C)C(C)=[PH+]C.Clc1ccnc2cc(-c3ccccn3)ccc12.Clc1ccnc2cc(I)ccc12.[Cl][Pd][Cl].c1ccc([CH2][Sn]([CH2]c2ccccc2)([CH2]c2ccccc2)[c]2ccccn2)cc1. The third kappa shape index (κ3) is 17.9. The maximum absolute atomic E-state index is 6.10. The van der Waals surface area contributed by atoms with Crippen molar-refractivity contribution in [2.75, 3.05) is 13.3 Å². The third-order valence-corrected chi connectivity index (χ3v) is 28.0. The van der Waals surface area contributed by atoms with E-state index in [1.807, 2.05) is 66.9 Å². The van der Waals surface area contributed by atoms with Crippen LogP contribution in [0.25, 0.3) is 33.1 Å². The van der Waals surface area contributed by atoms with E-state index in [0.717, 1.165) is 72.8 Å². The first-order valence-corrected chi connectivity index (χ1v) is 38.0. The van der Waals surface area contributed by atoms with Crippen molar-refractivity contribution in [3.8, 4) is 11.3 Å². The fourth-order valence-electron chi connectivity index (χ4n) is 7.36. The second-order valence-corrected chi connectivity index (χ2v) is 34.2. The number of halogens is 5. The predicted octanol–water partition coefficient (Wildman–Crippen LogP) is 15.9. The summed E-state index contributed by atoms with van der Waals surface area (Å²) >= 11 is 11.2. The van der Waals surface area contributed by atoms with E-state index < -0.39 is 18.4 Å². The molecular formula is C55H53Cl4IN4P2PdSn+2. The molecule has 350 valence electrons. The Hall–Kier alpha value is -3.09. The fourth-order valence-corrected chi connectivity index (χ4v) is 23.4. The van der Waals surface area contributed by atoms with Crippen molar-refractivity contribution in [3.63, 3.8) is 0 Å². The van der Waals surface area contributed by atoms with Crippen LogP contribution in [0.1, 0.15) is 30.5 Å². The molecule has 9 rings (SSSR count). The van der Waals surface area contributed by atoms with Crippen LogP contribution in [0.3, 0.4) is 0 Å². The molecule has 0 fully saturated rings. The van der Waals surface area contributed by atoms with Crippen LogP contribution in [0, 0.1) is 3.57 Å². The standard InChI is InChI=1S/C14H9ClN2.C9H5ClIN.3C7H7.C6H12P2.C5H4N.2ClH.Pd.Sn/c15-12-6-8-17-14-9-10(4-5-11(12)14)13-3-1-2-7-16-13;10-8-3-4-12-9-5-6(11)1-2-7(8)9;3*1-7-5-3-2-4-6-7;1-5(7-3)6(2)8-4;1-2-4-6-5-3-1;;;;/h1-9H;1-5H;3*2-6H,1H2;1-4H3;1-4H;2*1H;;/q;;;;;;;;;+2;. The summed E-state index contributed by atoms with van der Waals surface area (Å²) in [5, 5.41) is 6.64. The summed E-state index contributed by atoms with van der Waals surface area (Å²) in [5.41, 5.74) is 8.15. The second kappa shape index (κ2) is 30.6. The van der Waals surface area contributed by atoms with E-state index in [4.69, 9.17) is 47.2 Å². The Kier molecular flexibility index (Phi) is 25.1. The Morgan fingerprint density at radius 1 is 0.500 bits per heavy atom. The van der Waals surface area contributed by atoms with Crippen molar-refractivity contribution < 1.29 is 15.9 Å². The van der Waals surface area contributed by atoms with E-state index >= 15 is 0 Å². The molecule has 0 aliphatic rings. The van der Waals surface area contributed by atoms with E-state index in [1.165, 1.54) is 24.0 Å². The van der Waals surface area contributed by atoms with Gasteiger partial charge >= 0.3 is 207 Å². The van der Waals surface area contributed by atoms with E-state index in [0.29, 0.717) is 0 Å². The summed E-state index contributed by atoms with van der Waals surface area (Å²) in [6, 6.07) is 60.9. The van der Waals surface area contributed by atoms with Crippen LogP contribution in [0.15, 0.2) is 201 Å². The van der Waals surface area contributed by atoms with Crippen molar-refractivity contribution in [2.45, 2.75) is 27.2 Å². The Labute approximate surface area is 449 Å². The van der Waals surface area contributed by atoms with E-state index in [1.54, 1.807) is 41.3 Å². The van der Waals surface area contributed by atoms with Crippen molar-refractivity contribution >= 4 is 136 Å². The summed E-state index contributed by atoms with van der Waals surface area (Å²) in [7, 11) is 11.6. The first kappa shape index (κ1) is 55.8. The van der Waals surface area contributed by atoms with Gasteiger partial charge in [-0.15, -0.1) is 0 Å². The number of nitrogens with zero attached hydrogens (tertiary/aromatic N) is 4. The number of aromatic nitrogens is 4. The molecule has 4 aromatic heterocycles. The quantitative estimate of drug-likeness (QED) is 0.0821. The second-order valence-electron chi connectivity index (χ2n) is 15.5. The van der Waals surface area contributed by atoms with Gasteiger partial charge in [-0.25, -0.2) is 0 Å². The third-order valence-electron chi connectivity index (χ3n) is 11.0. The maximum atomic E-state index is 6.10. The van der Waals surface area contributed by atoms with E-state index in [2.05, 4.69) is 168 Å². The normalized spacial score (nSPS) is 11.2. The van der Waals surface area contributed by atoms with Crippen LogP contribution in [0.4, 0.5) is 0 Å². The summed E-state index contributed by atoms with van der Waals surface area (Å²) in [6.07, 6.45) is 7.19. The molecule has 4 nitrogen and oxygen atoms in total. The molecular weight excluding hydrogens is 1270 g/mol. The monoisotopic (exact) mass is 1320 g/mol. The number of benzene rings is 5. The zero-order valence-electron chi connectivity index (χ0n) is 38.2. The first-order valence-electron chi connectivity index (χ1n) is 21.6. The van der Waals surface area contributed by atoms with Crippen LogP contribution >= 0.6 is 81.3 Å². The van der Waals surface area contributed by atoms with E-state index in [-0.39, 0.29) is 15.9 Å². The topological polar surface area (TPSA) is 51.6 Å². The van der Waals surface area contributed by atoms with Crippen molar-refractivity contribution in [3.05, 3.63) is 231 Å². The fraction of sp³-hybridized carbons (Fsp3) is 0.127. The molecule has 0 saturated carbocycles. The molecule has 0 amide bonds. The zero-order valence-corrected chi connectivity index (χ0v) is 49.8. The summed E-state index contributed by atoms with van der Waals surface area (Å²) in [4.78, 5) is 17.8. The molecule has 0 bridgehead atoms. The van der Waals surface area contributed by atoms with Crippen LogP contribution in [-0.2, 0) is 29.2 Å². The van der Waals surface area contributed by atoms with Gasteiger partial charge in [0.2, 0.25) is 0 Å². The van der Waals surface area contributed by atoms with Gasteiger partial charge in [-0.3, -0.25) is 15.0 Å². The van der Waals surface area contributed by atoms with Gasteiger partial charge in [0.25, 0.3) is 0 Å². The molecule has 0 spiro atoms. The van der Waals surface area contributed by atoms with Crippen molar-refractivity contribution in [1.29, 1.82) is 0 Å². The molecule has 4 heterocycles. The van der Waals surface area contributed by atoms with Gasteiger partial charge in [-0.1, -0.05) is 47.5 Å². The molecule has 0 aliphatic carbocycles. The molecule has 9 aromatic rings. The Balaban J connectivity index is 0.000000183. The van der Waals surface area contributed by atoms with Gasteiger partial charge in [0.15, 0.2) is 10.6 Å². The first-order chi connectivity index (χ1) is 33.1. The van der Waals surface area contributed by atoms with Gasteiger partial charge in [-0.2, -0.15) is 0 Å². The average molecular weight is 1330 g/mol. The number of hydrogen-bond acceptors (Lipinski definition) is 4. The summed E-state index contributed by atoms with van der Waals surface area (Å²) in [5.74, 6) is 0. The number of hydrogen-bond donors (Lipinski definition) is 0. The molecule has 13 heteroatoms. The van der Waals surface area contributed by atoms with Crippen LogP contribution in [0.2, 0.25) is 10.0 Å². The average Bonchev–Trinajstić information content (AvgIpc) is 3.38. The predicted molar refractivity (Wildman–Crippen MR) is 311 cm³/mol. The number of fused-ring (bicyclic) bond motifs is 2. The van der Waals surface area contributed by atoms with Crippen LogP contribution in [0.5, 0.6) is 0 Å². The molecule has 0 N–H and O–H groups in total. The summed E-state index contributed by atoms with van der Waals surface area (Å²) in [6.45, 7) is 8.92. The molecule has 0 aliphatic heterocycles. The van der Waals surface area contributed by atoms with Gasteiger partial charge in [0.1, 0.15) is 0 Å². The Morgan fingerprint density at radius 3 is 1.35 bits per heavy atom. The molecule has 2 atom stereocenters. The minimum absolute atomic E-state index is 0.106. The Morgan fingerprint density at radius 2 is 0.926 bits per heavy atom. The van der Waals surface area contributed by atoms with Crippen molar-refractivity contribution in [2.24, 2.45) is 0 Å². The number of rotatable bonds is 9. The van der Waals surface area contributed by atoms with Gasteiger partial charge in [-0.05, 0) is 65.1 Å². The molecule has 5 aromatic carbocycles. The van der Waals surface area contributed by atoms with Gasteiger partial charge in [0.05, 0.1) is 56.5 Å². The Bertz CT molecular complexity index is 2850. The summed E-state index contributed by atoms with van der Waals surface area (Å²) < 4.78 is 6.03.